The van der Waals surface area contributed by atoms with Gasteiger partial charge in [-0.2, -0.15) is 0 Å². The highest BCUT2D eigenvalue weighted by molar-refractivity contribution is 6.30. The van der Waals surface area contributed by atoms with Crippen LogP contribution in [0.15, 0.2) is 54.6 Å². The Hall–Kier alpha value is -2.33. The molecule has 0 N–H and O–H groups in total. The summed E-state index contributed by atoms with van der Waals surface area (Å²) in [6.45, 7) is 2.49. The third kappa shape index (κ3) is 4.60. The van der Waals surface area contributed by atoms with Crippen LogP contribution in [0.4, 0.5) is 0 Å². The smallest absolute Gasteiger partial charge is 0.253 e. The molecule has 0 saturated carbocycles. The van der Waals surface area contributed by atoms with Crippen molar-refractivity contribution in [2.45, 2.75) is 12.8 Å². The molecule has 1 aliphatic heterocycles. The first-order valence-corrected chi connectivity index (χ1v) is 8.88. The van der Waals surface area contributed by atoms with E-state index in [9.17, 15) is 9.59 Å². The van der Waals surface area contributed by atoms with E-state index in [0.29, 0.717) is 43.2 Å². The molecular weight excluding hydrogens is 336 g/mol. The highest BCUT2D eigenvalue weighted by Gasteiger charge is 2.22. The molecule has 1 heterocycles. The Labute approximate surface area is 153 Å². The zero-order valence-corrected chi connectivity index (χ0v) is 14.8. The molecule has 0 atom stereocenters. The monoisotopic (exact) mass is 356 g/mol. The standard InChI is InChI=1S/C20H21ClN2O2/c21-18-9-7-17(8-10-18)20(25)23-12-4-11-22(13-14-23)19(24)15-16-5-2-1-3-6-16/h1-3,5-10H,4,11-15H2. The maximum Gasteiger partial charge on any atom is 0.253 e. The van der Waals surface area contributed by atoms with Crippen molar-refractivity contribution in [3.8, 4) is 0 Å². The number of benzene rings is 2. The van der Waals surface area contributed by atoms with Crippen LogP contribution in [0.1, 0.15) is 22.3 Å². The molecule has 0 radical (unpaired) electrons. The first kappa shape index (κ1) is 17.5. The van der Waals surface area contributed by atoms with Crippen molar-refractivity contribution in [1.29, 1.82) is 0 Å². The summed E-state index contributed by atoms with van der Waals surface area (Å²) in [5.41, 5.74) is 1.65. The van der Waals surface area contributed by atoms with E-state index in [4.69, 9.17) is 11.6 Å². The van der Waals surface area contributed by atoms with Gasteiger partial charge in [-0.1, -0.05) is 41.9 Å². The Morgan fingerprint density at radius 2 is 1.48 bits per heavy atom. The number of halogens is 1. The fourth-order valence-electron chi connectivity index (χ4n) is 3.03. The number of amides is 2. The van der Waals surface area contributed by atoms with Gasteiger partial charge in [-0.3, -0.25) is 9.59 Å². The molecule has 25 heavy (non-hydrogen) atoms. The molecule has 0 aromatic heterocycles. The van der Waals surface area contributed by atoms with Gasteiger partial charge in [0.1, 0.15) is 0 Å². The molecule has 0 aliphatic carbocycles. The van der Waals surface area contributed by atoms with Crippen molar-refractivity contribution in [3.05, 3.63) is 70.7 Å². The summed E-state index contributed by atoms with van der Waals surface area (Å²) in [6.07, 6.45) is 1.20. The molecule has 1 saturated heterocycles. The minimum absolute atomic E-state index is 0.00553. The van der Waals surface area contributed by atoms with Crippen molar-refractivity contribution in [2.75, 3.05) is 26.2 Å². The first-order chi connectivity index (χ1) is 12.1. The lowest BCUT2D eigenvalue weighted by atomic mass is 10.1. The Morgan fingerprint density at radius 3 is 2.20 bits per heavy atom. The van der Waals surface area contributed by atoms with Gasteiger partial charge in [0.2, 0.25) is 5.91 Å². The Bertz CT molecular complexity index is 731. The number of rotatable bonds is 3. The quantitative estimate of drug-likeness (QED) is 0.847. The average Bonchev–Trinajstić information content (AvgIpc) is 2.89. The second-order valence-electron chi connectivity index (χ2n) is 6.20. The fraction of sp³-hybridized carbons (Fsp3) is 0.300. The molecule has 4 nitrogen and oxygen atoms in total. The summed E-state index contributed by atoms with van der Waals surface area (Å²) in [4.78, 5) is 28.8. The van der Waals surface area contributed by atoms with Crippen LogP contribution in [0.5, 0.6) is 0 Å². The minimum atomic E-state index is -0.00553. The summed E-state index contributed by atoms with van der Waals surface area (Å²) >= 11 is 5.88. The van der Waals surface area contributed by atoms with Crippen LogP contribution in [-0.4, -0.2) is 47.8 Å². The molecular formula is C20H21ClN2O2. The van der Waals surface area contributed by atoms with Crippen LogP contribution in [0.2, 0.25) is 5.02 Å². The van der Waals surface area contributed by atoms with Crippen molar-refractivity contribution in [3.63, 3.8) is 0 Å². The minimum Gasteiger partial charge on any atom is -0.341 e. The van der Waals surface area contributed by atoms with Gasteiger partial charge in [-0.05, 0) is 36.2 Å². The summed E-state index contributed by atoms with van der Waals surface area (Å²) in [5.74, 6) is 0.112. The molecule has 130 valence electrons. The molecule has 2 aromatic carbocycles. The molecule has 1 fully saturated rings. The summed E-state index contributed by atoms with van der Waals surface area (Å²) in [6, 6.07) is 16.7. The topological polar surface area (TPSA) is 40.6 Å². The normalized spacial score (nSPS) is 14.9. The highest BCUT2D eigenvalue weighted by atomic mass is 35.5. The van der Waals surface area contributed by atoms with Gasteiger partial charge < -0.3 is 9.80 Å². The predicted octanol–water partition coefficient (Wildman–Crippen LogP) is 3.26. The Kier molecular flexibility index (Phi) is 5.71. The maximum absolute atomic E-state index is 12.6. The van der Waals surface area contributed by atoms with Gasteiger partial charge >= 0.3 is 0 Å². The second-order valence-corrected chi connectivity index (χ2v) is 6.63. The number of hydrogen-bond donors (Lipinski definition) is 0. The zero-order chi connectivity index (χ0) is 17.6. The van der Waals surface area contributed by atoms with Gasteiger partial charge in [-0.15, -0.1) is 0 Å². The molecule has 0 bridgehead atoms. The first-order valence-electron chi connectivity index (χ1n) is 8.50. The van der Waals surface area contributed by atoms with E-state index in [0.717, 1.165) is 12.0 Å². The van der Waals surface area contributed by atoms with Gasteiger partial charge in [-0.25, -0.2) is 0 Å². The van der Waals surface area contributed by atoms with Gasteiger partial charge in [0.25, 0.3) is 5.91 Å². The highest BCUT2D eigenvalue weighted by Crippen LogP contribution is 2.14. The molecule has 0 unspecified atom stereocenters. The lowest BCUT2D eigenvalue weighted by molar-refractivity contribution is -0.130. The van der Waals surface area contributed by atoms with E-state index in [-0.39, 0.29) is 11.8 Å². The van der Waals surface area contributed by atoms with Crippen molar-refractivity contribution < 1.29 is 9.59 Å². The van der Waals surface area contributed by atoms with Crippen molar-refractivity contribution in [1.82, 2.24) is 9.80 Å². The van der Waals surface area contributed by atoms with Crippen LogP contribution in [0.3, 0.4) is 0 Å². The van der Waals surface area contributed by atoms with Gasteiger partial charge in [0.15, 0.2) is 0 Å². The van der Waals surface area contributed by atoms with Crippen molar-refractivity contribution >= 4 is 23.4 Å². The number of hydrogen-bond acceptors (Lipinski definition) is 2. The summed E-state index contributed by atoms with van der Waals surface area (Å²) in [5, 5.41) is 0.616. The van der Waals surface area contributed by atoms with E-state index < -0.39 is 0 Å². The van der Waals surface area contributed by atoms with Crippen molar-refractivity contribution in [2.24, 2.45) is 0 Å². The predicted molar refractivity (Wildman–Crippen MR) is 98.7 cm³/mol. The Morgan fingerprint density at radius 1 is 0.840 bits per heavy atom. The lowest BCUT2D eigenvalue weighted by Crippen LogP contribution is -2.38. The molecule has 1 aliphatic rings. The van der Waals surface area contributed by atoms with Gasteiger partial charge in [0.05, 0.1) is 6.42 Å². The number of carbonyl (C=O) groups excluding carboxylic acids is 2. The molecule has 2 aromatic rings. The molecule has 5 heteroatoms. The number of nitrogens with zero attached hydrogens (tertiary/aromatic N) is 2. The lowest BCUT2D eigenvalue weighted by Gasteiger charge is -2.22. The van der Waals surface area contributed by atoms with Crippen LogP contribution >= 0.6 is 11.6 Å². The van der Waals surface area contributed by atoms with E-state index in [2.05, 4.69) is 0 Å². The van der Waals surface area contributed by atoms with Crippen LogP contribution in [0.25, 0.3) is 0 Å². The molecule has 2 amide bonds. The van der Waals surface area contributed by atoms with Gasteiger partial charge in [0, 0.05) is 36.8 Å². The number of carbonyl (C=O) groups is 2. The van der Waals surface area contributed by atoms with E-state index in [1.807, 2.05) is 40.1 Å². The third-order valence-electron chi connectivity index (χ3n) is 4.43. The molecule has 0 spiro atoms. The largest absolute Gasteiger partial charge is 0.341 e. The van der Waals surface area contributed by atoms with E-state index in [1.54, 1.807) is 24.3 Å². The maximum atomic E-state index is 12.6. The van der Waals surface area contributed by atoms with Crippen LogP contribution < -0.4 is 0 Å². The fourth-order valence-corrected chi connectivity index (χ4v) is 3.15. The van der Waals surface area contributed by atoms with E-state index in [1.165, 1.54) is 0 Å². The molecule has 3 rings (SSSR count). The zero-order valence-electron chi connectivity index (χ0n) is 14.0. The Balaban J connectivity index is 1.59. The summed E-state index contributed by atoms with van der Waals surface area (Å²) < 4.78 is 0. The van der Waals surface area contributed by atoms with Crippen LogP contribution in [0, 0.1) is 0 Å². The van der Waals surface area contributed by atoms with E-state index >= 15 is 0 Å². The SMILES string of the molecule is O=C(Cc1ccccc1)N1CCCN(C(=O)c2ccc(Cl)cc2)CC1. The second kappa shape index (κ2) is 8.17. The third-order valence-corrected chi connectivity index (χ3v) is 4.68. The summed E-state index contributed by atoms with van der Waals surface area (Å²) in [7, 11) is 0. The van der Waals surface area contributed by atoms with Crippen LogP contribution in [-0.2, 0) is 11.2 Å². The average molecular weight is 357 g/mol.